The zero-order valence-corrected chi connectivity index (χ0v) is 12.7. The highest BCUT2D eigenvalue weighted by Crippen LogP contribution is 2.28. The number of anilines is 1. The lowest BCUT2D eigenvalue weighted by Crippen LogP contribution is -2.34. The molecule has 2 heteroatoms. The molecule has 0 spiro atoms. The molecule has 1 aromatic carbocycles. The third-order valence-electron chi connectivity index (χ3n) is 4.37. The van der Waals surface area contributed by atoms with Crippen molar-refractivity contribution in [3.05, 3.63) is 29.3 Å². The summed E-state index contributed by atoms with van der Waals surface area (Å²) in [6, 6.07) is 7.13. The molecule has 0 bridgehead atoms. The van der Waals surface area contributed by atoms with Gasteiger partial charge < -0.3 is 10.6 Å². The molecule has 2 nitrogen and oxygen atoms in total. The fourth-order valence-corrected chi connectivity index (χ4v) is 2.86. The number of nitrogens with zero attached hydrogens (tertiary/aromatic N) is 1. The van der Waals surface area contributed by atoms with Gasteiger partial charge in [-0.15, -0.1) is 0 Å². The second-order valence-corrected chi connectivity index (χ2v) is 6.17. The summed E-state index contributed by atoms with van der Waals surface area (Å²) in [4.78, 5) is 2.55. The van der Waals surface area contributed by atoms with Gasteiger partial charge >= 0.3 is 0 Å². The van der Waals surface area contributed by atoms with Crippen LogP contribution in [0.2, 0.25) is 0 Å². The Morgan fingerprint density at radius 2 is 2.00 bits per heavy atom. The van der Waals surface area contributed by atoms with Gasteiger partial charge in [-0.3, -0.25) is 0 Å². The van der Waals surface area contributed by atoms with E-state index in [0.29, 0.717) is 0 Å². The first-order chi connectivity index (χ1) is 9.10. The molecule has 19 heavy (non-hydrogen) atoms. The lowest BCUT2D eigenvalue weighted by atomic mass is 9.96. The van der Waals surface area contributed by atoms with E-state index in [1.165, 1.54) is 42.7 Å². The van der Waals surface area contributed by atoms with E-state index in [4.69, 9.17) is 5.73 Å². The standard InChI is InChI=1S/C17H28N2/c1-4-16(18)12-15-11-14(3)5-6-17(15)19-9-7-13(2)8-10-19/h5-6,11,13,16H,4,7-10,12,18H2,1-3H3. The van der Waals surface area contributed by atoms with Crippen molar-refractivity contribution in [2.75, 3.05) is 18.0 Å². The maximum Gasteiger partial charge on any atom is 0.0399 e. The highest BCUT2D eigenvalue weighted by molar-refractivity contribution is 5.55. The molecule has 1 atom stereocenters. The van der Waals surface area contributed by atoms with E-state index in [1.54, 1.807) is 0 Å². The van der Waals surface area contributed by atoms with Crippen LogP contribution in [0, 0.1) is 12.8 Å². The van der Waals surface area contributed by atoms with Crippen molar-refractivity contribution >= 4 is 5.69 Å². The van der Waals surface area contributed by atoms with E-state index in [-0.39, 0.29) is 6.04 Å². The Morgan fingerprint density at radius 1 is 1.32 bits per heavy atom. The lowest BCUT2D eigenvalue weighted by molar-refractivity contribution is 0.437. The molecule has 0 aromatic heterocycles. The van der Waals surface area contributed by atoms with Crippen molar-refractivity contribution in [1.82, 2.24) is 0 Å². The molecule has 0 radical (unpaired) electrons. The molecule has 2 N–H and O–H groups in total. The minimum atomic E-state index is 0.282. The van der Waals surface area contributed by atoms with Gasteiger partial charge in [0.2, 0.25) is 0 Å². The predicted molar refractivity (Wildman–Crippen MR) is 83.8 cm³/mol. The number of hydrogen-bond acceptors (Lipinski definition) is 2. The molecule has 1 unspecified atom stereocenters. The van der Waals surface area contributed by atoms with Crippen LogP contribution >= 0.6 is 0 Å². The van der Waals surface area contributed by atoms with E-state index in [1.807, 2.05) is 0 Å². The monoisotopic (exact) mass is 260 g/mol. The van der Waals surface area contributed by atoms with Gasteiger partial charge in [-0.25, -0.2) is 0 Å². The zero-order chi connectivity index (χ0) is 13.8. The molecule has 0 saturated carbocycles. The third-order valence-corrected chi connectivity index (χ3v) is 4.37. The van der Waals surface area contributed by atoms with Gasteiger partial charge in [-0.2, -0.15) is 0 Å². The molecule has 1 fully saturated rings. The Kier molecular flexibility index (Phi) is 4.87. The van der Waals surface area contributed by atoms with Crippen molar-refractivity contribution in [2.24, 2.45) is 11.7 Å². The van der Waals surface area contributed by atoms with E-state index >= 15 is 0 Å². The average molecular weight is 260 g/mol. The van der Waals surface area contributed by atoms with E-state index < -0.39 is 0 Å². The fourth-order valence-electron chi connectivity index (χ4n) is 2.86. The largest absolute Gasteiger partial charge is 0.371 e. The normalized spacial score (nSPS) is 18.6. The SMILES string of the molecule is CCC(N)Cc1cc(C)ccc1N1CCC(C)CC1. The molecule has 1 aliphatic rings. The number of piperidine rings is 1. The van der Waals surface area contributed by atoms with Gasteiger partial charge in [0.15, 0.2) is 0 Å². The van der Waals surface area contributed by atoms with Crippen LogP contribution in [0.3, 0.4) is 0 Å². The maximum atomic E-state index is 6.16. The molecule has 1 aliphatic heterocycles. The topological polar surface area (TPSA) is 29.3 Å². The van der Waals surface area contributed by atoms with E-state index in [0.717, 1.165) is 18.8 Å². The predicted octanol–water partition coefficient (Wildman–Crippen LogP) is 3.51. The van der Waals surface area contributed by atoms with Gasteiger partial charge in [-0.05, 0) is 50.2 Å². The number of benzene rings is 1. The lowest BCUT2D eigenvalue weighted by Gasteiger charge is -2.34. The Balaban J connectivity index is 2.18. The summed E-state index contributed by atoms with van der Waals surface area (Å²) in [5.41, 5.74) is 10.3. The Morgan fingerprint density at radius 3 is 2.63 bits per heavy atom. The summed E-state index contributed by atoms with van der Waals surface area (Å²) >= 11 is 0. The summed E-state index contributed by atoms with van der Waals surface area (Å²) in [5, 5.41) is 0. The quantitative estimate of drug-likeness (QED) is 0.897. The average Bonchev–Trinajstić information content (AvgIpc) is 2.40. The molecule has 1 aromatic rings. The van der Waals surface area contributed by atoms with Crippen molar-refractivity contribution in [3.63, 3.8) is 0 Å². The number of rotatable bonds is 4. The van der Waals surface area contributed by atoms with Crippen LogP contribution in [-0.2, 0) is 6.42 Å². The van der Waals surface area contributed by atoms with Crippen molar-refractivity contribution < 1.29 is 0 Å². The van der Waals surface area contributed by atoms with E-state index in [9.17, 15) is 0 Å². The first kappa shape index (κ1) is 14.4. The minimum Gasteiger partial charge on any atom is -0.371 e. The van der Waals surface area contributed by atoms with E-state index in [2.05, 4.69) is 43.9 Å². The summed E-state index contributed by atoms with van der Waals surface area (Å²) < 4.78 is 0. The summed E-state index contributed by atoms with van der Waals surface area (Å²) in [6.07, 6.45) is 4.67. The molecule has 106 valence electrons. The molecule has 0 aliphatic carbocycles. The summed E-state index contributed by atoms with van der Waals surface area (Å²) in [7, 11) is 0. The Bertz CT molecular complexity index is 406. The minimum absolute atomic E-state index is 0.282. The summed E-state index contributed by atoms with van der Waals surface area (Å²) in [5.74, 6) is 0.878. The van der Waals surface area contributed by atoms with Gasteiger partial charge in [0.1, 0.15) is 0 Å². The highest BCUT2D eigenvalue weighted by Gasteiger charge is 2.18. The van der Waals surface area contributed by atoms with Gasteiger partial charge in [0, 0.05) is 24.8 Å². The van der Waals surface area contributed by atoms with Gasteiger partial charge in [-0.1, -0.05) is 31.5 Å². The third kappa shape index (κ3) is 3.73. The number of aryl methyl sites for hydroxylation is 1. The van der Waals surface area contributed by atoms with Crippen LogP contribution in [0.15, 0.2) is 18.2 Å². The molecule has 1 saturated heterocycles. The van der Waals surface area contributed by atoms with Crippen LogP contribution in [0.4, 0.5) is 5.69 Å². The zero-order valence-electron chi connectivity index (χ0n) is 12.7. The smallest absolute Gasteiger partial charge is 0.0399 e. The van der Waals surface area contributed by atoms with Crippen LogP contribution in [0.25, 0.3) is 0 Å². The van der Waals surface area contributed by atoms with Gasteiger partial charge in [0.25, 0.3) is 0 Å². The van der Waals surface area contributed by atoms with Crippen LogP contribution in [0.5, 0.6) is 0 Å². The summed E-state index contributed by atoms with van der Waals surface area (Å²) in [6.45, 7) is 9.09. The molecule has 2 rings (SSSR count). The van der Waals surface area contributed by atoms with Gasteiger partial charge in [0.05, 0.1) is 0 Å². The first-order valence-corrected chi connectivity index (χ1v) is 7.70. The molecule has 0 amide bonds. The first-order valence-electron chi connectivity index (χ1n) is 7.70. The molecular weight excluding hydrogens is 232 g/mol. The highest BCUT2D eigenvalue weighted by atomic mass is 15.1. The number of nitrogens with two attached hydrogens (primary N) is 1. The fraction of sp³-hybridized carbons (Fsp3) is 0.647. The second kappa shape index (κ2) is 6.42. The number of hydrogen-bond donors (Lipinski definition) is 1. The second-order valence-electron chi connectivity index (χ2n) is 6.17. The molecular formula is C17H28N2. The van der Waals surface area contributed by atoms with Crippen LogP contribution in [0.1, 0.15) is 44.2 Å². The van der Waals surface area contributed by atoms with Crippen LogP contribution < -0.4 is 10.6 Å². The Labute approximate surface area is 118 Å². The molecule has 1 heterocycles. The van der Waals surface area contributed by atoms with Crippen molar-refractivity contribution in [1.29, 1.82) is 0 Å². The van der Waals surface area contributed by atoms with Crippen molar-refractivity contribution in [3.8, 4) is 0 Å². The van der Waals surface area contributed by atoms with Crippen LogP contribution in [-0.4, -0.2) is 19.1 Å². The van der Waals surface area contributed by atoms with Crippen molar-refractivity contribution in [2.45, 2.75) is 52.5 Å². The maximum absolute atomic E-state index is 6.16. The Hall–Kier alpha value is -1.02.